The lowest BCUT2D eigenvalue weighted by Crippen LogP contribution is -2.57. The summed E-state index contributed by atoms with van der Waals surface area (Å²) < 4.78 is 0. The van der Waals surface area contributed by atoms with E-state index in [4.69, 9.17) is 0 Å². The average molecular weight is 455 g/mol. The highest BCUT2D eigenvalue weighted by Crippen LogP contribution is 2.42. The monoisotopic (exact) mass is 455 g/mol. The number of nitrogens with zero attached hydrogens (tertiary/aromatic N) is 2. The van der Waals surface area contributed by atoms with E-state index in [0.29, 0.717) is 22.9 Å². The Morgan fingerprint density at radius 3 is 2.71 bits per heavy atom. The quantitative estimate of drug-likeness (QED) is 0.393. The molecule has 3 N–H and O–H groups in total. The number of fused-ring (bicyclic) bond motifs is 4. The lowest BCUT2D eigenvalue weighted by Gasteiger charge is -2.51. The molecule has 3 aromatic rings. The van der Waals surface area contributed by atoms with Gasteiger partial charge in [-0.2, -0.15) is 0 Å². The van der Waals surface area contributed by atoms with Crippen molar-refractivity contribution >= 4 is 29.4 Å². The van der Waals surface area contributed by atoms with Gasteiger partial charge >= 0.3 is 7.12 Å². The third kappa shape index (κ3) is 4.27. The number of piperidine rings is 3. The third-order valence-electron chi connectivity index (χ3n) is 7.56. The van der Waals surface area contributed by atoms with Gasteiger partial charge in [0.1, 0.15) is 0 Å². The SMILES string of the molecule is C=CC1CN2CCC1CC2C(NC(=O)c1ccc(B(O)O)cc1)c1ccnc2ccc(C)cc12. The van der Waals surface area contributed by atoms with E-state index in [9.17, 15) is 14.8 Å². The van der Waals surface area contributed by atoms with Gasteiger partial charge < -0.3 is 15.4 Å². The van der Waals surface area contributed by atoms with Crippen LogP contribution in [0.3, 0.4) is 0 Å². The van der Waals surface area contributed by atoms with Crippen molar-refractivity contribution < 1.29 is 14.8 Å². The molecule has 3 aliphatic rings. The number of carbonyl (C=O) groups is 1. The van der Waals surface area contributed by atoms with Gasteiger partial charge in [0, 0.05) is 29.7 Å². The first-order valence-corrected chi connectivity index (χ1v) is 11.9. The van der Waals surface area contributed by atoms with Crippen LogP contribution in [0.4, 0.5) is 0 Å². The van der Waals surface area contributed by atoms with Crippen LogP contribution in [-0.2, 0) is 0 Å². The lowest BCUT2D eigenvalue weighted by atomic mass is 9.73. The number of hydrogen-bond acceptors (Lipinski definition) is 5. The summed E-state index contributed by atoms with van der Waals surface area (Å²) in [7, 11) is -1.56. The number of carbonyl (C=O) groups excluding carboxylic acids is 1. The van der Waals surface area contributed by atoms with Crippen molar-refractivity contribution in [1.29, 1.82) is 0 Å². The second-order valence-corrected chi connectivity index (χ2v) is 9.61. The summed E-state index contributed by atoms with van der Waals surface area (Å²) in [5.41, 5.74) is 4.00. The van der Waals surface area contributed by atoms with Crippen molar-refractivity contribution in [2.75, 3.05) is 13.1 Å². The van der Waals surface area contributed by atoms with Crippen LogP contribution in [0.25, 0.3) is 10.9 Å². The number of pyridine rings is 1. The van der Waals surface area contributed by atoms with E-state index in [0.717, 1.165) is 48.0 Å². The zero-order valence-electron chi connectivity index (χ0n) is 19.4. The first-order valence-electron chi connectivity index (χ1n) is 11.9. The van der Waals surface area contributed by atoms with Crippen LogP contribution in [0.15, 0.2) is 67.4 Å². The van der Waals surface area contributed by atoms with Crippen LogP contribution in [-0.4, -0.2) is 52.1 Å². The maximum atomic E-state index is 13.4. The number of rotatable bonds is 6. The molecule has 5 unspecified atom stereocenters. The molecule has 7 heteroatoms. The summed E-state index contributed by atoms with van der Waals surface area (Å²) >= 11 is 0. The minimum atomic E-state index is -1.56. The second-order valence-electron chi connectivity index (χ2n) is 9.61. The zero-order chi connectivity index (χ0) is 23.8. The highest BCUT2D eigenvalue weighted by Gasteiger charge is 2.43. The highest BCUT2D eigenvalue weighted by molar-refractivity contribution is 6.58. The molecule has 5 atom stereocenters. The maximum Gasteiger partial charge on any atom is 0.488 e. The number of aromatic nitrogens is 1. The van der Waals surface area contributed by atoms with Crippen molar-refractivity contribution in [3.8, 4) is 0 Å². The van der Waals surface area contributed by atoms with Crippen molar-refractivity contribution in [3.05, 3.63) is 84.1 Å². The third-order valence-corrected chi connectivity index (χ3v) is 7.56. The summed E-state index contributed by atoms with van der Waals surface area (Å²) in [6.07, 6.45) is 6.08. The van der Waals surface area contributed by atoms with Gasteiger partial charge in [-0.15, -0.1) is 6.58 Å². The molecule has 3 saturated heterocycles. The second kappa shape index (κ2) is 9.33. The van der Waals surface area contributed by atoms with E-state index in [-0.39, 0.29) is 18.0 Å². The minimum Gasteiger partial charge on any atom is -0.423 e. The standard InChI is InChI=1S/C27H30BN3O3/c1-3-18-16-31-13-11-20(18)15-25(31)26(22-10-12-29-24-9-4-17(2)14-23(22)24)30-27(32)19-5-7-21(8-6-19)28(33)34/h3-10,12,14,18,20,25-26,33-34H,1,11,13,15-16H2,2H3,(H,30,32). The molecule has 2 aromatic carbocycles. The number of aryl methyl sites for hydroxylation is 1. The Bertz CT molecular complexity index is 1210. The Morgan fingerprint density at radius 2 is 2.03 bits per heavy atom. The summed E-state index contributed by atoms with van der Waals surface area (Å²) in [6, 6.07) is 14.7. The van der Waals surface area contributed by atoms with Gasteiger partial charge in [-0.25, -0.2) is 0 Å². The molecule has 2 bridgehead atoms. The smallest absolute Gasteiger partial charge is 0.423 e. The summed E-state index contributed by atoms with van der Waals surface area (Å²) in [4.78, 5) is 20.5. The van der Waals surface area contributed by atoms with Gasteiger partial charge in [-0.3, -0.25) is 14.7 Å². The molecule has 6 rings (SSSR count). The summed E-state index contributed by atoms with van der Waals surface area (Å²) in [5, 5.41) is 23.2. The van der Waals surface area contributed by atoms with Crippen molar-refractivity contribution in [3.63, 3.8) is 0 Å². The Kier molecular flexibility index (Phi) is 6.25. The summed E-state index contributed by atoms with van der Waals surface area (Å²) in [6.45, 7) is 8.11. The molecule has 0 saturated carbocycles. The lowest BCUT2D eigenvalue weighted by molar-refractivity contribution is 0.00171. The van der Waals surface area contributed by atoms with Gasteiger partial charge in [0.2, 0.25) is 0 Å². The Labute approximate surface area is 200 Å². The van der Waals surface area contributed by atoms with E-state index in [2.05, 4.69) is 46.9 Å². The molecule has 34 heavy (non-hydrogen) atoms. The topological polar surface area (TPSA) is 85.7 Å². The van der Waals surface area contributed by atoms with E-state index >= 15 is 0 Å². The molecule has 4 heterocycles. The molecule has 1 aromatic heterocycles. The van der Waals surface area contributed by atoms with Crippen LogP contribution < -0.4 is 10.8 Å². The van der Waals surface area contributed by atoms with Crippen molar-refractivity contribution in [2.24, 2.45) is 11.8 Å². The average Bonchev–Trinajstić information content (AvgIpc) is 2.87. The predicted molar refractivity (Wildman–Crippen MR) is 135 cm³/mol. The van der Waals surface area contributed by atoms with E-state index < -0.39 is 7.12 Å². The first kappa shape index (κ1) is 22.8. The minimum absolute atomic E-state index is 0.176. The molecule has 6 nitrogen and oxygen atoms in total. The largest absolute Gasteiger partial charge is 0.488 e. The van der Waals surface area contributed by atoms with E-state index in [1.807, 2.05) is 18.3 Å². The van der Waals surface area contributed by atoms with Gasteiger partial charge in [-0.1, -0.05) is 29.8 Å². The van der Waals surface area contributed by atoms with E-state index in [1.165, 1.54) is 0 Å². The fourth-order valence-corrected chi connectivity index (χ4v) is 5.69. The van der Waals surface area contributed by atoms with Crippen LogP contribution in [0.5, 0.6) is 0 Å². The van der Waals surface area contributed by atoms with E-state index in [1.54, 1.807) is 24.3 Å². The van der Waals surface area contributed by atoms with Gasteiger partial charge in [0.15, 0.2) is 0 Å². The fourth-order valence-electron chi connectivity index (χ4n) is 5.69. The number of nitrogens with one attached hydrogen (secondary N) is 1. The molecular formula is C27H30BN3O3. The van der Waals surface area contributed by atoms with Crippen LogP contribution in [0.2, 0.25) is 0 Å². The van der Waals surface area contributed by atoms with Crippen molar-refractivity contribution in [2.45, 2.75) is 31.8 Å². The predicted octanol–water partition coefficient (Wildman–Crippen LogP) is 2.59. The Balaban J connectivity index is 1.52. The highest BCUT2D eigenvalue weighted by atomic mass is 16.4. The number of benzene rings is 2. The molecule has 0 aliphatic carbocycles. The van der Waals surface area contributed by atoms with Crippen LogP contribution in [0, 0.1) is 18.8 Å². The molecule has 0 radical (unpaired) electrons. The van der Waals surface area contributed by atoms with Crippen molar-refractivity contribution in [1.82, 2.24) is 15.2 Å². The normalized spacial score (nSPS) is 24.6. The molecule has 3 fully saturated rings. The fraction of sp³-hybridized carbons (Fsp3) is 0.333. The van der Waals surface area contributed by atoms with Gasteiger partial charge in [0.25, 0.3) is 5.91 Å². The summed E-state index contributed by atoms with van der Waals surface area (Å²) in [5.74, 6) is 0.895. The first-order chi connectivity index (χ1) is 16.4. The van der Waals surface area contributed by atoms with Gasteiger partial charge in [-0.05, 0) is 79.5 Å². The van der Waals surface area contributed by atoms with Crippen LogP contribution in [0.1, 0.15) is 40.4 Å². The Hall–Kier alpha value is -3.00. The van der Waals surface area contributed by atoms with Crippen LogP contribution >= 0.6 is 0 Å². The molecule has 0 spiro atoms. The molecular weight excluding hydrogens is 425 g/mol. The number of amides is 1. The zero-order valence-corrected chi connectivity index (χ0v) is 19.4. The molecule has 1 amide bonds. The Morgan fingerprint density at radius 1 is 1.24 bits per heavy atom. The molecule has 3 aliphatic heterocycles. The molecule has 174 valence electrons. The van der Waals surface area contributed by atoms with Gasteiger partial charge in [0.05, 0.1) is 11.6 Å². The number of hydrogen-bond donors (Lipinski definition) is 3. The maximum absolute atomic E-state index is 13.4.